The molecule has 0 radical (unpaired) electrons. The number of morpholine rings is 1. The van der Waals surface area contributed by atoms with Crippen LogP contribution in [0.3, 0.4) is 0 Å². The molecule has 3 rings (SSSR count). The Bertz CT molecular complexity index is 584. The number of urea groups is 1. The third-order valence-corrected chi connectivity index (χ3v) is 3.82. The number of carbonyl (C=O) groups excluding carboxylic acids is 3. The zero-order valence-corrected chi connectivity index (χ0v) is 12.0. The van der Waals surface area contributed by atoms with Crippen LogP contribution in [-0.2, 0) is 14.3 Å². The Kier molecular flexibility index (Phi) is 4.06. The maximum atomic E-state index is 12.4. The van der Waals surface area contributed by atoms with Gasteiger partial charge in [-0.15, -0.1) is 0 Å². The van der Waals surface area contributed by atoms with Gasteiger partial charge in [-0.05, 0) is 5.56 Å². The molecule has 1 atom stereocenters. The molecule has 0 bridgehead atoms. The van der Waals surface area contributed by atoms with Gasteiger partial charge in [0.1, 0.15) is 12.6 Å². The van der Waals surface area contributed by atoms with Crippen molar-refractivity contribution in [3.05, 3.63) is 35.9 Å². The van der Waals surface area contributed by atoms with Gasteiger partial charge in [0.05, 0.1) is 13.2 Å². The van der Waals surface area contributed by atoms with Gasteiger partial charge in [0.25, 0.3) is 5.91 Å². The van der Waals surface area contributed by atoms with E-state index in [1.165, 1.54) is 0 Å². The van der Waals surface area contributed by atoms with Crippen molar-refractivity contribution in [1.82, 2.24) is 15.1 Å². The summed E-state index contributed by atoms with van der Waals surface area (Å²) in [5.41, 5.74) is 0.710. The third kappa shape index (κ3) is 2.80. The zero-order chi connectivity index (χ0) is 15.5. The molecule has 2 heterocycles. The molecule has 2 fully saturated rings. The molecule has 4 amide bonds. The van der Waals surface area contributed by atoms with Gasteiger partial charge in [-0.1, -0.05) is 30.3 Å². The summed E-state index contributed by atoms with van der Waals surface area (Å²) >= 11 is 0. The van der Waals surface area contributed by atoms with Gasteiger partial charge in [0.2, 0.25) is 5.91 Å². The molecule has 1 aromatic carbocycles. The van der Waals surface area contributed by atoms with Crippen LogP contribution >= 0.6 is 0 Å². The van der Waals surface area contributed by atoms with Crippen molar-refractivity contribution in [3.8, 4) is 0 Å². The fourth-order valence-electron chi connectivity index (χ4n) is 2.59. The molecule has 2 aliphatic rings. The van der Waals surface area contributed by atoms with Crippen LogP contribution < -0.4 is 5.32 Å². The van der Waals surface area contributed by atoms with Crippen LogP contribution in [0.1, 0.15) is 11.6 Å². The van der Waals surface area contributed by atoms with Crippen LogP contribution in [0.5, 0.6) is 0 Å². The Morgan fingerprint density at radius 3 is 2.55 bits per heavy atom. The minimum atomic E-state index is -0.716. The highest BCUT2D eigenvalue weighted by Crippen LogP contribution is 2.21. The van der Waals surface area contributed by atoms with Crippen LogP contribution in [0.15, 0.2) is 30.3 Å². The van der Waals surface area contributed by atoms with E-state index in [2.05, 4.69) is 5.32 Å². The Morgan fingerprint density at radius 2 is 1.86 bits per heavy atom. The molecule has 2 aliphatic heterocycles. The van der Waals surface area contributed by atoms with Gasteiger partial charge in [-0.2, -0.15) is 0 Å². The third-order valence-electron chi connectivity index (χ3n) is 3.82. The monoisotopic (exact) mass is 303 g/mol. The minimum absolute atomic E-state index is 0.228. The summed E-state index contributed by atoms with van der Waals surface area (Å²) in [6.07, 6.45) is 0. The van der Waals surface area contributed by atoms with E-state index in [0.717, 1.165) is 4.90 Å². The lowest BCUT2D eigenvalue weighted by Crippen LogP contribution is -2.47. The highest BCUT2D eigenvalue weighted by Gasteiger charge is 2.40. The van der Waals surface area contributed by atoms with Gasteiger partial charge in [0.15, 0.2) is 0 Å². The van der Waals surface area contributed by atoms with E-state index in [-0.39, 0.29) is 12.5 Å². The largest absolute Gasteiger partial charge is 0.378 e. The van der Waals surface area contributed by atoms with Gasteiger partial charge in [-0.3, -0.25) is 14.5 Å². The summed E-state index contributed by atoms with van der Waals surface area (Å²) in [5.74, 6) is -0.627. The van der Waals surface area contributed by atoms with E-state index in [1.54, 1.807) is 29.2 Å². The number of hydrogen-bond donors (Lipinski definition) is 1. The number of nitrogens with zero attached hydrogens (tertiary/aromatic N) is 2. The summed E-state index contributed by atoms with van der Waals surface area (Å²) in [6, 6.07) is 7.75. The van der Waals surface area contributed by atoms with Crippen LogP contribution in [0, 0.1) is 0 Å². The highest BCUT2D eigenvalue weighted by atomic mass is 16.5. The zero-order valence-electron chi connectivity index (χ0n) is 12.0. The molecule has 22 heavy (non-hydrogen) atoms. The second-order valence-electron chi connectivity index (χ2n) is 5.21. The second kappa shape index (κ2) is 6.15. The minimum Gasteiger partial charge on any atom is -0.378 e. The first-order chi connectivity index (χ1) is 10.7. The molecule has 1 aromatic rings. The molecule has 0 spiro atoms. The fourth-order valence-corrected chi connectivity index (χ4v) is 2.59. The van der Waals surface area contributed by atoms with Crippen LogP contribution in [-0.4, -0.2) is 60.5 Å². The molecule has 0 aliphatic carbocycles. The molecule has 2 saturated heterocycles. The summed E-state index contributed by atoms with van der Waals surface area (Å²) in [7, 11) is 0. The van der Waals surface area contributed by atoms with Gasteiger partial charge in [0, 0.05) is 13.1 Å². The number of ether oxygens (including phenoxy) is 1. The van der Waals surface area contributed by atoms with Crippen molar-refractivity contribution in [2.24, 2.45) is 0 Å². The first-order valence-electron chi connectivity index (χ1n) is 7.19. The van der Waals surface area contributed by atoms with Crippen LogP contribution in [0.25, 0.3) is 0 Å². The first-order valence-corrected chi connectivity index (χ1v) is 7.19. The van der Waals surface area contributed by atoms with E-state index < -0.39 is 18.0 Å². The van der Waals surface area contributed by atoms with Crippen molar-refractivity contribution in [3.63, 3.8) is 0 Å². The number of imide groups is 1. The van der Waals surface area contributed by atoms with E-state index in [9.17, 15) is 14.4 Å². The molecule has 1 N–H and O–H groups in total. The molecule has 0 saturated carbocycles. The molecular weight excluding hydrogens is 286 g/mol. The topological polar surface area (TPSA) is 79.0 Å². The smallest absolute Gasteiger partial charge is 0.325 e. The number of nitrogens with one attached hydrogen (secondary N) is 1. The standard InChI is InChI=1S/C15H17N3O4/c19-12(17-6-8-22-9-7-17)10-18-14(20)13(16-15(18)21)11-4-2-1-3-5-11/h1-5,13H,6-10H2,(H,16,21). The summed E-state index contributed by atoms with van der Waals surface area (Å²) in [5, 5.41) is 2.62. The summed E-state index contributed by atoms with van der Waals surface area (Å²) in [4.78, 5) is 39.1. The lowest BCUT2D eigenvalue weighted by molar-refractivity contribution is -0.140. The highest BCUT2D eigenvalue weighted by molar-refractivity contribution is 6.06. The molecule has 0 aromatic heterocycles. The number of carbonyl (C=O) groups is 3. The Morgan fingerprint density at radius 1 is 1.18 bits per heavy atom. The van der Waals surface area contributed by atoms with E-state index in [0.29, 0.717) is 31.9 Å². The predicted molar refractivity (Wildman–Crippen MR) is 76.8 cm³/mol. The predicted octanol–water partition coefficient (Wildman–Crippen LogP) is 0.138. The average molecular weight is 303 g/mol. The fraction of sp³-hybridized carbons (Fsp3) is 0.400. The summed E-state index contributed by atoms with van der Waals surface area (Å²) < 4.78 is 5.18. The maximum Gasteiger partial charge on any atom is 0.325 e. The number of hydrogen-bond acceptors (Lipinski definition) is 4. The molecule has 7 nitrogen and oxygen atoms in total. The van der Waals surface area contributed by atoms with Gasteiger partial charge >= 0.3 is 6.03 Å². The number of amides is 4. The quantitative estimate of drug-likeness (QED) is 0.806. The first kappa shape index (κ1) is 14.5. The summed E-state index contributed by atoms with van der Waals surface area (Å²) in [6.45, 7) is 1.72. The molecular formula is C15H17N3O4. The normalized spacial score (nSPS) is 21.9. The SMILES string of the molecule is O=C(CN1C(=O)NC(c2ccccc2)C1=O)N1CCOCC1. The number of rotatable bonds is 3. The number of benzene rings is 1. The van der Waals surface area contributed by atoms with Crippen molar-refractivity contribution >= 4 is 17.8 Å². The second-order valence-corrected chi connectivity index (χ2v) is 5.21. The van der Waals surface area contributed by atoms with Gasteiger partial charge < -0.3 is 15.0 Å². The van der Waals surface area contributed by atoms with Crippen LogP contribution in [0.4, 0.5) is 4.79 Å². The lowest BCUT2D eigenvalue weighted by Gasteiger charge is -2.28. The molecule has 116 valence electrons. The van der Waals surface area contributed by atoms with Gasteiger partial charge in [-0.25, -0.2) is 4.79 Å². The Balaban J connectivity index is 1.68. The lowest BCUT2D eigenvalue weighted by atomic mass is 10.1. The van der Waals surface area contributed by atoms with Crippen molar-refractivity contribution < 1.29 is 19.1 Å². The maximum absolute atomic E-state index is 12.4. The molecule has 1 unspecified atom stereocenters. The van der Waals surface area contributed by atoms with Crippen molar-refractivity contribution in [2.45, 2.75) is 6.04 Å². The van der Waals surface area contributed by atoms with E-state index in [1.807, 2.05) is 6.07 Å². The van der Waals surface area contributed by atoms with E-state index in [4.69, 9.17) is 4.74 Å². The van der Waals surface area contributed by atoms with Crippen molar-refractivity contribution in [1.29, 1.82) is 0 Å². The average Bonchev–Trinajstić information content (AvgIpc) is 2.84. The van der Waals surface area contributed by atoms with E-state index >= 15 is 0 Å². The van der Waals surface area contributed by atoms with Crippen LogP contribution in [0.2, 0.25) is 0 Å². The van der Waals surface area contributed by atoms with Crippen molar-refractivity contribution in [2.75, 3.05) is 32.8 Å². The Labute approximate surface area is 127 Å². The Hall–Kier alpha value is -2.41. The molecule has 7 heteroatoms.